The van der Waals surface area contributed by atoms with Gasteiger partial charge in [0.1, 0.15) is 0 Å². The van der Waals surface area contributed by atoms with Crippen molar-refractivity contribution in [2.75, 3.05) is 6.61 Å². The summed E-state index contributed by atoms with van der Waals surface area (Å²) in [6.45, 7) is 6.07. The van der Waals surface area contributed by atoms with Crippen LogP contribution in [0.15, 0.2) is 0 Å². The Morgan fingerprint density at radius 3 is 1.24 bits per heavy atom. The van der Waals surface area contributed by atoms with E-state index >= 15 is 0 Å². The molecule has 37 heavy (non-hydrogen) atoms. The Morgan fingerprint density at radius 1 is 0.595 bits per heavy atom. The summed E-state index contributed by atoms with van der Waals surface area (Å²) in [4.78, 5) is 23.3. The van der Waals surface area contributed by atoms with Gasteiger partial charge in [-0.1, -0.05) is 136 Å². The number of aliphatic carboxylic acids is 2. The maximum absolute atomic E-state index is 10.3. The Balaban J connectivity index is -0.000000551. The number of carboxylic acids is 2. The highest BCUT2D eigenvalue weighted by Gasteiger charge is 2.06. The van der Waals surface area contributed by atoms with Crippen LogP contribution in [0.5, 0.6) is 0 Å². The molecule has 0 aliphatic rings. The summed E-state index contributed by atoms with van der Waals surface area (Å²) in [6, 6.07) is 0. The first-order valence-corrected chi connectivity index (χ1v) is 15.2. The Bertz CT molecular complexity index is 428. The summed E-state index contributed by atoms with van der Waals surface area (Å²) in [7, 11) is 0. The number of hydrogen-bond acceptors (Lipinski definition) is 5. The minimum Gasteiger partial charge on any atom is -0.481 e. The third-order valence-electron chi connectivity index (χ3n) is 6.17. The maximum atomic E-state index is 10.3. The molecular weight excluding hydrogens is 472 g/mol. The molecule has 7 nitrogen and oxygen atoms in total. The van der Waals surface area contributed by atoms with Crippen molar-refractivity contribution in [2.24, 2.45) is 0 Å². The normalized spacial score (nSPS) is 11.2. The number of rotatable bonds is 25. The lowest BCUT2D eigenvalue weighted by Gasteiger charge is -2.08. The van der Waals surface area contributed by atoms with Gasteiger partial charge < -0.3 is 15.3 Å². The van der Waals surface area contributed by atoms with E-state index in [-0.39, 0.29) is 6.42 Å². The third-order valence-corrected chi connectivity index (χ3v) is 6.17. The van der Waals surface area contributed by atoms with E-state index in [1.54, 1.807) is 0 Å². The molecule has 0 aliphatic carbocycles. The smallest absolute Gasteiger partial charge is 0.303 e. The zero-order chi connectivity index (χ0) is 28.4. The van der Waals surface area contributed by atoms with Crippen molar-refractivity contribution in [1.82, 2.24) is 0 Å². The Kier molecular flexibility index (Phi) is 40.3. The van der Waals surface area contributed by atoms with Crippen LogP contribution in [-0.4, -0.2) is 45.2 Å². The van der Waals surface area contributed by atoms with E-state index in [0.717, 1.165) is 32.6 Å². The first-order valence-electron chi connectivity index (χ1n) is 15.2. The average molecular weight is 535 g/mol. The Labute approximate surface area is 228 Å². The summed E-state index contributed by atoms with van der Waals surface area (Å²) >= 11 is 0. The maximum Gasteiger partial charge on any atom is 0.303 e. The molecule has 0 fully saturated rings. The number of aliphatic hydroxyl groups is 1. The molecule has 4 N–H and O–H groups in total. The van der Waals surface area contributed by atoms with Crippen LogP contribution in [0.1, 0.15) is 168 Å². The van der Waals surface area contributed by atoms with Crippen LogP contribution in [0, 0.1) is 0 Å². The number of hydrogen-bond donors (Lipinski definition) is 4. The van der Waals surface area contributed by atoms with Gasteiger partial charge in [-0.2, -0.15) is 0 Å². The van der Waals surface area contributed by atoms with Crippen LogP contribution in [0.2, 0.25) is 0 Å². The van der Waals surface area contributed by atoms with E-state index in [4.69, 9.17) is 20.3 Å². The highest BCUT2D eigenvalue weighted by Crippen LogP contribution is 2.13. The predicted molar refractivity (Wildman–Crippen MR) is 153 cm³/mol. The summed E-state index contributed by atoms with van der Waals surface area (Å²) < 4.78 is 0. The number of carbonyl (C=O) groups is 2. The van der Waals surface area contributed by atoms with Gasteiger partial charge in [0.15, 0.2) is 0 Å². The zero-order valence-electron chi connectivity index (χ0n) is 24.6. The SMILES string of the molecule is CC(=O)O.CCCCCCCCCCCC(O)CCC(=O)O.CCCCCCCCCCCCCOO. The number of aliphatic hydroxyl groups excluding tert-OH is 1. The third kappa shape index (κ3) is 52.1. The standard InChI is InChI=1S/C15H30O3.C13H28O2.C2H4O2/c1-2-3-4-5-6-7-8-9-10-11-14(16)12-13-15(17)18;1-2-3-4-5-6-7-8-9-10-11-12-13-15-14;1-2(3)4/h14,16H,2-13H2,1H3,(H,17,18);14H,2-13H2,1H3;1H3,(H,3,4). The topological polar surface area (TPSA) is 124 Å². The van der Waals surface area contributed by atoms with Crippen molar-refractivity contribution in [3.05, 3.63) is 0 Å². The van der Waals surface area contributed by atoms with E-state index in [1.165, 1.54) is 109 Å². The molecule has 7 heteroatoms. The summed E-state index contributed by atoms with van der Waals surface area (Å²) in [5.41, 5.74) is 0. The largest absolute Gasteiger partial charge is 0.481 e. The molecule has 0 radical (unpaired) electrons. The molecule has 0 saturated heterocycles. The van der Waals surface area contributed by atoms with E-state index < -0.39 is 18.0 Å². The van der Waals surface area contributed by atoms with Gasteiger partial charge in [0, 0.05) is 13.3 Å². The fourth-order valence-corrected chi connectivity index (χ4v) is 3.96. The lowest BCUT2D eigenvalue weighted by molar-refractivity contribution is -0.242. The van der Waals surface area contributed by atoms with E-state index in [0.29, 0.717) is 13.0 Å². The summed E-state index contributed by atoms with van der Waals surface area (Å²) in [6.07, 6.45) is 26.9. The van der Waals surface area contributed by atoms with Crippen molar-refractivity contribution >= 4 is 11.9 Å². The highest BCUT2D eigenvalue weighted by atomic mass is 17.1. The molecule has 0 rings (SSSR count). The van der Waals surface area contributed by atoms with Crippen LogP contribution < -0.4 is 0 Å². The van der Waals surface area contributed by atoms with Crippen molar-refractivity contribution in [2.45, 2.75) is 175 Å². The monoisotopic (exact) mass is 534 g/mol. The minimum atomic E-state index is -0.833. The Hall–Kier alpha value is -1.18. The van der Waals surface area contributed by atoms with Crippen LogP contribution in [0.25, 0.3) is 0 Å². The van der Waals surface area contributed by atoms with Gasteiger partial charge in [0.05, 0.1) is 12.7 Å². The average Bonchev–Trinajstić information content (AvgIpc) is 2.85. The highest BCUT2D eigenvalue weighted by molar-refractivity contribution is 5.66. The van der Waals surface area contributed by atoms with Crippen molar-refractivity contribution < 1.29 is 35.1 Å². The molecule has 0 aromatic rings. The van der Waals surface area contributed by atoms with Gasteiger partial charge in [-0.05, 0) is 19.3 Å². The first-order chi connectivity index (χ1) is 17.8. The van der Waals surface area contributed by atoms with E-state index in [1.807, 2.05) is 0 Å². The zero-order valence-corrected chi connectivity index (χ0v) is 24.6. The van der Waals surface area contributed by atoms with Gasteiger partial charge >= 0.3 is 5.97 Å². The molecule has 0 aromatic heterocycles. The van der Waals surface area contributed by atoms with Gasteiger partial charge in [0.25, 0.3) is 5.97 Å². The molecule has 0 aromatic carbocycles. The number of carboxylic acid groups (broad SMARTS) is 2. The molecule has 0 bridgehead atoms. The van der Waals surface area contributed by atoms with Gasteiger partial charge in [0.2, 0.25) is 0 Å². The molecule has 0 aliphatic heterocycles. The fourth-order valence-electron chi connectivity index (χ4n) is 3.96. The van der Waals surface area contributed by atoms with Gasteiger partial charge in [-0.15, -0.1) is 0 Å². The lowest BCUT2D eigenvalue weighted by atomic mass is 10.0. The van der Waals surface area contributed by atoms with E-state index in [9.17, 15) is 9.90 Å². The molecule has 0 heterocycles. The van der Waals surface area contributed by atoms with Crippen LogP contribution >= 0.6 is 0 Å². The molecular formula is C30H62O7. The summed E-state index contributed by atoms with van der Waals surface area (Å²) in [5, 5.41) is 33.5. The lowest BCUT2D eigenvalue weighted by Crippen LogP contribution is -2.09. The fraction of sp³-hybridized carbons (Fsp3) is 0.933. The van der Waals surface area contributed by atoms with Crippen molar-refractivity contribution in [3.8, 4) is 0 Å². The van der Waals surface area contributed by atoms with Gasteiger partial charge in [-0.25, -0.2) is 4.89 Å². The first kappa shape index (κ1) is 40.3. The second kappa shape index (κ2) is 37.0. The minimum absolute atomic E-state index is 0.0819. The quantitative estimate of drug-likeness (QED) is 0.0523. The molecule has 1 atom stereocenters. The van der Waals surface area contributed by atoms with E-state index in [2.05, 4.69) is 18.7 Å². The Morgan fingerprint density at radius 2 is 0.919 bits per heavy atom. The van der Waals surface area contributed by atoms with Crippen LogP contribution in [0.3, 0.4) is 0 Å². The van der Waals surface area contributed by atoms with Crippen LogP contribution in [-0.2, 0) is 14.5 Å². The molecule has 1 unspecified atom stereocenters. The molecule has 0 spiro atoms. The van der Waals surface area contributed by atoms with Crippen LogP contribution in [0.4, 0.5) is 0 Å². The molecule has 0 amide bonds. The second-order valence-electron chi connectivity index (χ2n) is 10.1. The van der Waals surface area contributed by atoms with Crippen molar-refractivity contribution in [1.29, 1.82) is 0 Å². The van der Waals surface area contributed by atoms with Gasteiger partial charge in [-0.3, -0.25) is 14.8 Å². The molecule has 224 valence electrons. The van der Waals surface area contributed by atoms with Crippen molar-refractivity contribution in [3.63, 3.8) is 0 Å². The molecule has 0 saturated carbocycles. The summed E-state index contributed by atoms with van der Waals surface area (Å²) in [5.74, 6) is -1.65. The predicted octanol–water partition coefficient (Wildman–Crippen LogP) is 9.01. The number of unbranched alkanes of at least 4 members (excludes halogenated alkanes) is 18. The second-order valence-corrected chi connectivity index (χ2v) is 10.1.